The third-order valence-electron chi connectivity index (χ3n) is 3.28. The summed E-state index contributed by atoms with van der Waals surface area (Å²) < 4.78 is 0.823. The van der Waals surface area contributed by atoms with E-state index in [-0.39, 0.29) is 11.9 Å². The molecule has 0 saturated carbocycles. The molecule has 3 heteroatoms. The predicted molar refractivity (Wildman–Crippen MR) is 85.8 cm³/mol. The number of hydrogen-bond donors (Lipinski definition) is 1. The summed E-state index contributed by atoms with van der Waals surface area (Å²) in [6, 6.07) is 15.9. The van der Waals surface area contributed by atoms with Crippen LogP contribution in [-0.4, -0.2) is 5.91 Å². The van der Waals surface area contributed by atoms with Crippen LogP contribution in [0.3, 0.4) is 0 Å². The van der Waals surface area contributed by atoms with Crippen LogP contribution in [-0.2, 0) is 0 Å². The molecule has 0 aliphatic rings. The molecule has 0 bridgehead atoms. The van der Waals surface area contributed by atoms with Crippen molar-refractivity contribution in [1.82, 2.24) is 5.32 Å². The fourth-order valence-electron chi connectivity index (χ4n) is 2.16. The number of carbonyl (C=O) groups is 1. The van der Waals surface area contributed by atoms with Gasteiger partial charge in [0.2, 0.25) is 0 Å². The van der Waals surface area contributed by atoms with Gasteiger partial charge in [0.15, 0.2) is 0 Å². The van der Waals surface area contributed by atoms with Crippen molar-refractivity contribution in [3.63, 3.8) is 0 Å². The number of rotatable bonds is 4. The Morgan fingerprint density at radius 2 is 1.90 bits per heavy atom. The van der Waals surface area contributed by atoms with Crippen molar-refractivity contribution in [3.8, 4) is 0 Å². The van der Waals surface area contributed by atoms with Crippen LogP contribution in [0.15, 0.2) is 53.0 Å². The molecular weight excluding hydrogens is 314 g/mol. The summed E-state index contributed by atoms with van der Waals surface area (Å²) in [6.45, 7) is 4.06. The molecule has 0 aromatic heterocycles. The second-order valence-electron chi connectivity index (χ2n) is 4.83. The number of amides is 1. The number of benzene rings is 2. The average molecular weight is 332 g/mol. The van der Waals surface area contributed by atoms with Crippen LogP contribution >= 0.6 is 15.9 Å². The highest BCUT2D eigenvalue weighted by Gasteiger charge is 2.15. The third-order valence-corrected chi connectivity index (χ3v) is 3.97. The van der Waals surface area contributed by atoms with Crippen molar-refractivity contribution in [3.05, 3.63) is 69.7 Å². The van der Waals surface area contributed by atoms with Gasteiger partial charge in [0.1, 0.15) is 0 Å². The minimum Gasteiger partial charge on any atom is -0.345 e. The summed E-state index contributed by atoms with van der Waals surface area (Å²) in [6.07, 6.45) is 0.860. The first-order valence-corrected chi connectivity index (χ1v) is 7.53. The number of nitrogens with one attached hydrogen (secondary N) is 1. The van der Waals surface area contributed by atoms with Crippen LogP contribution in [0, 0.1) is 6.92 Å². The first kappa shape index (κ1) is 14.8. The minimum atomic E-state index is -0.0451. The second kappa shape index (κ2) is 6.71. The first-order chi connectivity index (χ1) is 9.61. The highest BCUT2D eigenvalue weighted by Crippen LogP contribution is 2.21. The van der Waals surface area contributed by atoms with Gasteiger partial charge in [-0.25, -0.2) is 0 Å². The molecule has 0 spiro atoms. The van der Waals surface area contributed by atoms with Gasteiger partial charge in [0, 0.05) is 4.47 Å². The van der Waals surface area contributed by atoms with E-state index in [0.717, 1.165) is 22.0 Å². The molecule has 2 rings (SSSR count). The predicted octanol–water partition coefficient (Wildman–Crippen LogP) is 4.64. The first-order valence-electron chi connectivity index (χ1n) is 6.73. The maximum atomic E-state index is 12.4. The van der Waals surface area contributed by atoms with Crippen LogP contribution < -0.4 is 5.32 Å². The van der Waals surface area contributed by atoms with Gasteiger partial charge in [-0.1, -0.05) is 48.9 Å². The Hall–Kier alpha value is -1.61. The van der Waals surface area contributed by atoms with E-state index in [4.69, 9.17) is 0 Å². The van der Waals surface area contributed by atoms with Gasteiger partial charge in [-0.3, -0.25) is 4.79 Å². The molecular formula is C17H18BrNO. The summed E-state index contributed by atoms with van der Waals surface area (Å²) in [4.78, 5) is 12.4. The molecule has 20 heavy (non-hydrogen) atoms. The lowest BCUT2D eigenvalue weighted by Gasteiger charge is -2.18. The standard InChI is InChI=1S/C17H18BrNO/c1-3-16(13-7-5-4-6-8-13)19-17(20)14-11-12(2)9-10-15(14)18/h4-11,16H,3H2,1-2H3,(H,19,20). The lowest BCUT2D eigenvalue weighted by Crippen LogP contribution is -2.28. The van der Waals surface area contributed by atoms with Gasteiger partial charge < -0.3 is 5.32 Å². The van der Waals surface area contributed by atoms with Crippen LogP contribution in [0.25, 0.3) is 0 Å². The summed E-state index contributed by atoms with van der Waals surface area (Å²) in [7, 11) is 0. The molecule has 2 aromatic carbocycles. The maximum absolute atomic E-state index is 12.4. The third kappa shape index (κ3) is 3.48. The molecule has 2 nitrogen and oxygen atoms in total. The monoisotopic (exact) mass is 331 g/mol. The largest absolute Gasteiger partial charge is 0.345 e. The van der Waals surface area contributed by atoms with Crippen molar-refractivity contribution in [2.45, 2.75) is 26.3 Å². The van der Waals surface area contributed by atoms with Gasteiger partial charge in [-0.05, 0) is 47.0 Å². The van der Waals surface area contributed by atoms with E-state index in [1.807, 2.05) is 55.5 Å². The summed E-state index contributed by atoms with van der Waals surface area (Å²) in [5, 5.41) is 3.10. The Balaban J connectivity index is 2.20. The minimum absolute atomic E-state index is 0.0381. The Morgan fingerprint density at radius 3 is 2.55 bits per heavy atom. The van der Waals surface area contributed by atoms with Gasteiger partial charge in [0.25, 0.3) is 5.91 Å². The molecule has 0 radical (unpaired) electrons. The number of halogens is 1. The highest BCUT2D eigenvalue weighted by molar-refractivity contribution is 9.10. The van der Waals surface area contributed by atoms with Gasteiger partial charge >= 0.3 is 0 Å². The number of carbonyl (C=O) groups excluding carboxylic acids is 1. The van der Waals surface area contributed by atoms with Crippen molar-refractivity contribution in [2.75, 3.05) is 0 Å². The molecule has 0 fully saturated rings. The van der Waals surface area contributed by atoms with Crippen LogP contribution in [0.2, 0.25) is 0 Å². The molecule has 0 aliphatic carbocycles. The van der Waals surface area contributed by atoms with Crippen LogP contribution in [0.5, 0.6) is 0 Å². The van der Waals surface area contributed by atoms with E-state index >= 15 is 0 Å². The summed E-state index contributed by atoms with van der Waals surface area (Å²) in [5.41, 5.74) is 2.89. The SMILES string of the molecule is CCC(NC(=O)c1cc(C)ccc1Br)c1ccccc1. The van der Waals surface area contributed by atoms with E-state index in [1.165, 1.54) is 0 Å². The number of aryl methyl sites for hydroxylation is 1. The quantitative estimate of drug-likeness (QED) is 0.868. The normalized spacial score (nSPS) is 11.9. The molecule has 0 saturated heterocycles. The summed E-state index contributed by atoms with van der Waals surface area (Å²) >= 11 is 3.44. The fraction of sp³-hybridized carbons (Fsp3) is 0.235. The van der Waals surface area contributed by atoms with Gasteiger partial charge in [-0.2, -0.15) is 0 Å². The molecule has 1 atom stereocenters. The Labute approximate surface area is 128 Å². The molecule has 1 amide bonds. The van der Waals surface area contributed by atoms with E-state index in [9.17, 15) is 4.79 Å². The van der Waals surface area contributed by atoms with Crippen molar-refractivity contribution < 1.29 is 4.79 Å². The topological polar surface area (TPSA) is 29.1 Å². The molecule has 104 valence electrons. The van der Waals surface area contributed by atoms with E-state index in [2.05, 4.69) is 28.2 Å². The molecule has 1 unspecified atom stereocenters. The highest BCUT2D eigenvalue weighted by atomic mass is 79.9. The van der Waals surface area contributed by atoms with Gasteiger partial charge in [0.05, 0.1) is 11.6 Å². The molecule has 0 heterocycles. The van der Waals surface area contributed by atoms with Gasteiger partial charge in [-0.15, -0.1) is 0 Å². The lowest BCUT2D eigenvalue weighted by molar-refractivity contribution is 0.0934. The molecule has 2 aromatic rings. The van der Waals surface area contributed by atoms with E-state index in [1.54, 1.807) is 0 Å². The zero-order chi connectivity index (χ0) is 14.5. The zero-order valence-corrected chi connectivity index (χ0v) is 13.3. The summed E-state index contributed by atoms with van der Waals surface area (Å²) in [5.74, 6) is -0.0451. The van der Waals surface area contributed by atoms with Crippen molar-refractivity contribution in [1.29, 1.82) is 0 Å². The smallest absolute Gasteiger partial charge is 0.252 e. The van der Waals surface area contributed by atoms with Crippen molar-refractivity contribution in [2.24, 2.45) is 0 Å². The molecule has 1 N–H and O–H groups in total. The fourth-order valence-corrected chi connectivity index (χ4v) is 2.58. The maximum Gasteiger partial charge on any atom is 0.252 e. The van der Waals surface area contributed by atoms with E-state index < -0.39 is 0 Å². The van der Waals surface area contributed by atoms with Crippen LogP contribution in [0.4, 0.5) is 0 Å². The van der Waals surface area contributed by atoms with E-state index in [0.29, 0.717) is 5.56 Å². The number of hydrogen-bond acceptors (Lipinski definition) is 1. The Bertz CT molecular complexity index is 595. The Morgan fingerprint density at radius 1 is 1.20 bits per heavy atom. The lowest BCUT2D eigenvalue weighted by atomic mass is 10.0. The van der Waals surface area contributed by atoms with Crippen molar-refractivity contribution >= 4 is 21.8 Å². The Kier molecular flexibility index (Phi) is 4.96. The molecule has 0 aliphatic heterocycles. The average Bonchev–Trinajstić information content (AvgIpc) is 2.48. The van der Waals surface area contributed by atoms with Crippen LogP contribution in [0.1, 0.15) is 40.9 Å². The second-order valence-corrected chi connectivity index (χ2v) is 5.68. The zero-order valence-electron chi connectivity index (χ0n) is 11.7.